The number of benzene rings is 2. The van der Waals surface area contributed by atoms with Crippen LogP contribution in [0.4, 0.5) is 11.4 Å². The lowest BCUT2D eigenvalue weighted by Crippen LogP contribution is -2.36. The molecule has 4 rings (SSSR count). The highest BCUT2D eigenvalue weighted by molar-refractivity contribution is 6.09. The fourth-order valence-corrected chi connectivity index (χ4v) is 3.66. The van der Waals surface area contributed by atoms with Gasteiger partial charge in [0.05, 0.1) is 24.6 Å². The highest BCUT2D eigenvalue weighted by Gasteiger charge is 2.30. The van der Waals surface area contributed by atoms with E-state index in [0.717, 1.165) is 30.0 Å². The molecule has 2 aromatic rings. The fourth-order valence-electron chi connectivity index (χ4n) is 3.66. The maximum absolute atomic E-state index is 12.6. The van der Waals surface area contributed by atoms with E-state index in [9.17, 15) is 9.59 Å². The van der Waals surface area contributed by atoms with E-state index in [2.05, 4.69) is 16.8 Å². The number of carbonyl (C=O) groups excluding carboxylic acids is 2. The largest absolute Gasteiger partial charge is 0.378 e. The van der Waals surface area contributed by atoms with Crippen LogP contribution < -0.4 is 10.2 Å². The van der Waals surface area contributed by atoms with Crippen LogP contribution in [0.1, 0.15) is 22.3 Å². The Bertz CT molecular complexity index is 884. The summed E-state index contributed by atoms with van der Waals surface area (Å²) in [5.74, 6) is -0.223. The average molecular weight is 377 g/mol. The summed E-state index contributed by atoms with van der Waals surface area (Å²) in [5.41, 5.74) is 3.91. The summed E-state index contributed by atoms with van der Waals surface area (Å²) in [4.78, 5) is 28.9. The molecule has 2 aromatic carbocycles. The van der Waals surface area contributed by atoms with Crippen LogP contribution in [0.3, 0.4) is 0 Å². The van der Waals surface area contributed by atoms with Crippen LogP contribution in [-0.2, 0) is 9.53 Å². The smallest absolute Gasteiger partial charge is 0.258 e. The predicted octanol–water partition coefficient (Wildman–Crippen LogP) is 2.98. The van der Waals surface area contributed by atoms with Crippen LogP contribution in [0.25, 0.3) is 5.70 Å². The second kappa shape index (κ2) is 7.86. The number of morpholine rings is 1. The van der Waals surface area contributed by atoms with Gasteiger partial charge in [-0.15, -0.1) is 0 Å². The van der Waals surface area contributed by atoms with Gasteiger partial charge in [-0.3, -0.25) is 9.59 Å². The molecule has 144 valence electrons. The number of anilines is 2. The highest BCUT2D eigenvalue weighted by atomic mass is 16.5. The van der Waals surface area contributed by atoms with E-state index in [1.807, 2.05) is 42.5 Å². The molecule has 1 fully saturated rings. The van der Waals surface area contributed by atoms with Gasteiger partial charge in [-0.1, -0.05) is 36.9 Å². The van der Waals surface area contributed by atoms with Crippen molar-refractivity contribution >= 4 is 28.9 Å². The minimum atomic E-state index is -0.128. The molecular weight excluding hydrogens is 354 g/mol. The first-order valence-electron chi connectivity index (χ1n) is 9.47. The van der Waals surface area contributed by atoms with Crippen molar-refractivity contribution in [2.45, 2.75) is 6.42 Å². The van der Waals surface area contributed by atoms with Crippen LogP contribution in [0.2, 0.25) is 0 Å². The van der Waals surface area contributed by atoms with Crippen molar-refractivity contribution < 1.29 is 14.3 Å². The molecular formula is C22H23N3O3. The molecule has 0 unspecified atom stereocenters. The Morgan fingerprint density at radius 1 is 1.04 bits per heavy atom. The number of hydrogen-bond acceptors (Lipinski definition) is 4. The zero-order chi connectivity index (χ0) is 19.5. The van der Waals surface area contributed by atoms with Gasteiger partial charge in [0.15, 0.2) is 0 Å². The number of fused-ring (bicyclic) bond motifs is 1. The minimum absolute atomic E-state index is 0.0953. The van der Waals surface area contributed by atoms with Gasteiger partial charge in [-0.25, -0.2) is 0 Å². The Morgan fingerprint density at radius 2 is 1.71 bits per heavy atom. The molecule has 0 aliphatic carbocycles. The molecule has 0 saturated carbocycles. The number of carbonyl (C=O) groups is 2. The van der Waals surface area contributed by atoms with E-state index in [1.54, 1.807) is 11.0 Å². The minimum Gasteiger partial charge on any atom is -0.378 e. The van der Waals surface area contributed by atoms with E-state index in [4.69, 9.17) is 4.74 Å². The molecule has 2 heterocycles. The Hall–Kier alpha value is -3.12. The van der Waals surface area contributed by atoms with Gasteiger partial charge in [0, 0.05) is 42.9 Å². The van der Waals surface area contributed by atoms with Crippen molar-refractivity contribution in [3.8, 4) is 0 Å². The molecule has 1 N–H and O–H groups in total. The molecule has 2 aliphatic rings. The van der Waals surface area contributed by atoms with E-state index in [-0.39, 0.29) is 18.2 Å². The van der Waals surface area contributed by atoms with Crippen molar-refractivity contribution in [3.05, 3.63) is 66.2 Å². The van der Waals surface area contributed by atoms with Crippen LogP contribution >= 0.6 is 0 Å². The van der Waals surface area contributed by atoms with Crippen LogP contribution in [0, 0.1) is 0 Å². The zero-order valence-corrected chi connectivity index (χ0v) is 15.7. The molecule has 2 aliphatic heterocycles. The summed E-state index contributed by atoms with van der Waals surface area (Å²) < 4.78 is 5.41. The molecule has 28 heavy (non-hydrogen) atoms. The van der Waals surface area contributed by atoms with Crippen LogP contribution in [0.5, 0.6) is 0 Å². The lowest BCUT2D eigenvalue weighted by Gasteiger charge is -2.30. The SMILES string of the molecule is C=C1c2ccccc2C(=O)N1CCC(=O)Nc1ccccc1N1CCOCC1. The Labute approximate surface area is 164 Å². The van der Waals surface area contributed by atoms with Gasteiger partial charge in [0.2, 0.25) is 5.91 Å². The maximum Gasteiger partial charge on any atom is 0.258 e. The lowest BCUT2D eigenvalue weighted by atomic mass is 10.1. The van der Waals surface area contributed by atoms with E-state index >= 15 is 0 Å². The third-order valence-electron chi connectivity index (χ3n) is 5.13. The van der Waals surface area contributed by atoms with Gasteiger partial charge < -0.3 is 19.9 Å². The monoisotopic (exact) mass is 377 g/mol. The number of nitrogens with zero attached hydrogens (tertiary/aromatic N) is 2. The van der Waals surface area contributed by atoms with Crippen LogP contribution in [0.15, 0.2) is 55.1 Å². The Balaban J connectivity index is 1.40. The second-order valence-corrected chi connectivity index (χ2v) is 6.86. The van der Waals surface area contributed by atoms with Crippen LogP contribution in [-0.4, -0.2) is 49.6 Å². The van der Waals surface area contributed by atoms with Gasteiger partial charge in [-0.2, -0.15) is 0 Å². The third kappa shape index (κ3) is 3.51. The molecule has 2 amide bonds. The van der Waals surface area contributed by atoms with Gasteiger partial charge >= 0.3 is 0 Å². The summed E-state index contributed by atoms with van der Waals surface area (Å²) >= 11 is 0. The summed E-state index contributed by atoms with van der Waals surface area (Å²) in [6.45, 7) is 7.29. The highest BCUT2D eigenvalue weighted by Crippen LogP contribution is 2.31. The van der Waals surface area contributed by atoms with Gasteiger partial charge in [-0.05, 0) is 18.2 Å². The fraction of sp³-hybridized carbons (Fsp3) is 0.273. The molecule has 6 nitrogen and oxygen atoms in total. The standard InChI is InChI=1S/C22H23N3O3/c1-16-17-6-2-3-7-18(17)22(27)25(16)11-10-21(26)23-19-8-4-5-9-20(19)24-12-14-28-15-13-24/h2-9H,1,10-15H2,(H,23,26). The van der Waals surface area contributed by atoms with Crippen molar-refractivity contribution in [2.75, 3.05) is 43.1 Å². The normalized spacial score (nSPS) is 16.3. The van der Waals surface area contributed by atoms with Crippen molar-refractivity contribution in [2.24, 2.45) is 0 Å². The molecule has 0 spiro atoms. The Kier molecular flexibility index (Phi) is 5.12. The van der Waals surface area contributed by atoms with E-state index in [1.165, 1.54) is 0 Å². The molecule has 0 radical (unpaired) electrons. The van der Waals surface area contributed by atoms with E-state index < -0.39 is 0 Å². The van der Waals surface area contributed by atoms with Gasteiger partial charge in [0.1, 0.15) is 0 Å². The summed E-state index contributed by atoms with van der Waals surface area (Å²) in [6.07, 6.45) is 0.205. The summed E-state index contributed by atoms with van der Waals surface area (Å²) in [5, 5.41) is 2.99. The number of amides is 2. The van der Waals surface area contributed by atoms with Gasteiger partial charge in [0.25, 0.3) is 5.91 Å². The Morgan fingerprint density at radius 3 is 2.46 bits per heavy atom. The molecule has 6 heteroatoms. The number of ether oxygens (including phenoxy) is 1. The first kappa shape index (κ1) is 18.3. The number of para-hydroxylation sites is 2. The van der Waals surface area contributed by atoms with Crippen molar-refractivity contribution in [1.82, 2.24) is 4.90 Å². The number of nitrogens with one attached hydrogen (secondary N) is 1. The molecule has 0 aromatic heterocycles. The molecule has 0 bridgehead atoms. The first-order valence-corrected chi connectivity index (χ1v) is 9.47. The first-order chi connectivity index (χ1) is 13.6. The zero-order valence-electron chi connectivity index (χ0n) is 15.7. The topological polar surface area (TPSA) is 61.9 Å². The molecule has 1 saturated heterocycles. The number of rotatable bonds is 5. The summed E-state index contributed by atoms with van der Waals surface area (Å²) in [6, 6.07) is 15.2. The second-order valence-electron chi connectivity index (χ2n) is 6.86. The lowest BCUT2D eigenvalue weighted by molar-refractivity contribution is -0.116. The summed E-state index contributed by atoms with van der Waals surface area (Å²) in [7, 11) is 0. The predicted molar refractivity (Wildman–Crippen MR) is 109 cm³/mol. The van der Waals surface area contributed by atoms with Crippen molar-refractivity contribution in [3.63, 3.8) is 0 Å². The maximum atomic E-state index is 12.6. The average Bonchev–Trinajstić information content (AvgIpc) is 2.98. The quantitative estimate of drug-likeness (QED) is 0.870. The number of hydrogen-bond donors (Lipinski definition) is 1. The third-order valence-corrected chi connectivity index (χ3v) is 5.13. The van der Waals surface area contributed by atoms with E-state index in [0.29, 0.717) is 31.0 Å². The van der Waals surface area contributed by atoms with Crippen molar-refractivity contribution in [1.29, 1.82) is 0 Å². The molecule has 0 atom stereocenters.